The number of likely N-dealkylation sites (tertiary alicyclic amines) is 1. The minimum absolute atomic E-state index is 0.252. The van der Waals surface area contributed by atoms with Gasteiger partial charge >= 0.3 is 12.1 Å². The van der Waals surface area contributed by atoms with Crippen LogP contribution >= 0.6 is 0 Å². The lowest BCUT2D eigenvalue weighted by atomic mass is 9.86. The van der Waals surface area contributed by atoms with E-state index in [1.165, 1.54) is 11.1 Å². The first-order valence-corrected chi connectivity index (χ1v) is 8.55. The molecule has 1 unspecified atom stereocenters. The fourth-order valence-corrected chi connectivity index (χ4v) is 3.59. The predicted octanol–water partition coefficient (Wildman–Crippen LogP) is 2.81. The highest BCUT2D eigenvalue weighted by atomic mass is 19.4. The van der Waals surface area contributed by atoms with Crippen LogP contribution in [0.3, 0.4) is 0 Å². The molecule has 0 saturated carbocycles. The van der Waals surface area contributed by atoms with Crippen molar-refractivity contribution >= 4 is 11.9 Å². The molecule has 26 heavy (non-hydrogen) atoms. The van der Waals surface area contributed by atoms with E-state index in [1.54, 1.807) is 6.07 Å². The molecule has 0 radical (unpaired) electrons. The Morgan fingerprint density at radius 3 is 2.50 bits per heavy atom. The number of rotatable bonds is 4. The van der Waals surface area contributed by atoms with Gasteiger partial charge in [0.2, 0.25) is 0 Å². The minimum atomic E-state index is -4.91. The Bertz CT molecular complexity index is 719. The van der Waals surface area contributed by atoms with Crippen molar-refractivity contribution in [2.75, 3.05) is 19.7 Å². The maximum absolute atomic E-state index is 13.2. The number of carbonyl (C=O) groups excluding carboxylic acids is 1. The average molecular weight is 371 g/mol. The summed E-state index contributed by atoms with van der Waals surface area (Å²) in [5.74, 6) is -2.09. The van der Waals surface area contributed by atoms with E-state index in [1.807, 2.05) is 12.1 Å². The first kappa shape index (κ1) is 18.5. The predicted molar refractivity (Wildman–Crippen MR) is 85.9 cm³/mol. The fraction of sp³-hybridized carbons (Fsp3) is 0.556. The highest BCUT2D eigenvalue weighted by Crippen LogP contribution is 2.45. The number of carbonyl (C=O) groups is 2. The highest BCUT2D eigenvalue weighted by molar-refractivity contribution is 5.82. The summed E-state index contributed by atoms with van der Waals surface area (Å²) in [5.41, 5.74) is -0.468. The van der Waals surface area contributed by atoms with E-state index in [4.69, 9.17) is 9.84 Å². The van der Waals surface area contributed by atoms with Crippen molar-refractivity contribution in [3.63, 3.8) is 0 Å². The van der Waals surface area contributed by atoms with Crippen molar-refractivity contribution < 1.29 is 32.6 Å². The number of halogens is 3. The van der Waals surface area contributed by atoms with Gasteiger partial charge < -0.3 is 14.7 Å². The zero-order chi connectivity index (χ0) is 18.9. The number of aliphatic carboxylic acids is 1. The molecule has 1 N–H and O–H groups in total. The summed E-state index contributed by atoms with van der Waals surface area (Å²) in [6, 6.07) is 5.56. The van der Waals surface area contributed by atoms with Crippen LogP contribution in [-0.4, -0.2) is 47.8 Å². The van der Waals surface area contributed by atoms with Crippen molar-refractivity contribution in [3.8, 4) is 5.75 Å². The maximum Gasteiger partial charge on any atom is 0.406 e. The summed E-state index contributed by atoms with van der Waals surface area (Å²) in [4.78, 5) is 24.3. The topological polar surface area (TPSA) is 66.8 Å². The molecule has 142 valence electrons. The number of aryl methyl sites for hydroxylation is 2. The Labute approximate surface area is 148 Å². The number of nitrogens with zero attached hydrogens (tertiary/aromatic N) is 1. The second-order valence-corrected chi connectivity index (χ2v) is 6.88. The highest BCUT2D eigenvalue weighted by Gasteiger charge is 2.64. The van der Waals surface area contributed by atoms with Crippen LogP contribution < -0.4 is 4.74 Å². The van der Waals surface area contributed by atoms with E-state index >= 15 is 0 Å². The molecule has 5 nitrogen and oxygen atoms in total. The summed E-state index contributed by atoms with van der Waals surface area (Å²) in [6.07, 6.45) is -1.36. The van der Waals surface area contributed by atoms with Gasteiger partial charge in [-0.05, 0) is 55.4 Å². The number of carboxylic acids is 1. The first-order chi connectivity index (χ1) is 12.2. The Morgan fingerprint density at radius 2 is 1.88 bits per heavy atom. The molecule has 1 atom stereocenters. The molecule has 0 bridgehead atoms. The van der Waals surface area contributed by atoms with Gasteiger partial charge in [-0.3, -0.25) is 9.59 Å². The van der Waals surface area contributed by atoms with Crippen LogP contribution in [0.2, 0.25) is 0 Å². The van der Waals surface area contributed by atoms with Gasteiger partial charge in [-0.25, -0.2) is 0 Å². The van der Waals surface area contributed by atoms with E-state index < -0.39 is 43.0 Å². The third-order valence-corrected chi connectivity index (χ3v) is 5.26. The van der Waals surface area contributed by atoms with Crippen LogP contribution in [0.4, 0.5) is 13.2 Å². The van der Waals surface area contributed by atoms with Crippen LogP contribution in [0, 0.1) is 5.41 Å². The molecule has 1 aromatic carbocycles. The normalized spacial score (nSPS) is 22.8. The number of alkyl halides is 3. The van der Waals surface area contributed by atoms with Gasteiger partial charge in [0.1, 0.15) is 5.75 Å². The molecule has 2 aliphatic rings. The number of ether oxygens (including phenoxy) is 1. The molecule has 1 heterocycles. The van der Waals surface area contributed by atoms with E-state index in [0.717, 1.165) is 30.6 Å². The summed E-state index contributed by atoms with van der Waals surface area (Å²) >= 11 is 0. The Morgan fingerprint density at radius 1 is 1.19 bits per heavy atom. The maximum atomic E-state index is 13.2. The lowest BCUT2D eigenvalue weighted by Gasteiger charge is -2.27. The number of carboxylic acid groups (broad SMARTS) is 1. The largest absolute Gasteiger partial charge is 0.484 e. The van der Waals surface area contributed by atoms with Gasteiger partial charge in [-0.15, -0.1) is 0 Å². The van der Waals surface area contributed by atoms with E-state index in [9.17, 15) is 22.8 Å². The van der Waals surface area contributed by atoms with Crippen molar-refractivity contribution in [2.45, 2.75) is 38.3 Å². The molecule has 1 aliphatic heterocycles. The van der Waals surface area contributed by atoms with E-state index in [0.29, 0.717) is 5.75 Å². The average Bonchev–Trinajstić information content (AvgIpc) is 3.06. The lowest BCUT2D eigenvalue weighted by Crippen LogP contribution is -2.48. The monoisotopic (exact) mass is 371 g/mol. The standard InChI is InChI=1S/C18H20F3NO4/c19-18(20,21)17(16(24)25)7-8-22(11-17)15(23)10-26-14-6-5-12-3-1-2-4-13(12)9-14/h5-6,9H,1-4,7-8,10-11H2,(H,24,25). The smallest absolute Gasteiger partial charge is 0.406 e. The first-order valence-electron chi connectivity index (χ1n) is 8.55. The Hall–Kier alpha value is -2.25. The number of hydrogen-bond acceptors (Lipinski definition) is 3. The molecule has 1 aliphatic carbocycles. The zero-order valence-corrected chi connectivity index (χ0v) is 14.1. The third kappa shape index (κ3) is 3.37. The SMILES string of the molecule is O=C(COc1ccc2c(c1)CCCC2)N1CCC(C(=O)O)(C(F)(F)F)C1. The second kappa shape index (κ2) is 6.81. The summed E-state index contributed by atoms with van der Waals surface area (Å²) < 4.78 is 44.9. The molecule has 0 aromatic heterocycles. The van der Waals surface area contributed by atoms with Gasteiger partial charge in [0.25, 0.3) is 5.91 Å². The molecule has 8 heteroatoms. The molecular formula is C18H20F3NO4. The Balaban J connectivity index is 1.62. The number of hydrogen-bond donors (Lipinski definition) is 1. The number of fused-ring (bicyclic) bond motifs is 1. The van der Waals surface area contributed by atoms with Gasteiger partial charge in [0.15, 0.2) is 12.0 Å². The van der Waals surface area contributed by atoms with Crippen LogP contribution in [0.25, 0.3) is 0 Å². The summed E-state index contributed by atoms with van der Waals surface area (Å²) in [5, 5.41) is 9.03. The van der Waals surface area contributed by atoms with Crippen molar-refractivity contribution in [2.24, 2.45) is 5.41 Å². The molecule has 1 fully saturated rings. The Kier molecular flexibility index (Phi) is 4.86. The third-order valence-electron chi connectivity index (χ3n) is 5.26. The van der Waals surface area contributed by atoms with Crippen LogP contribution in [0.1, 0.15) is 30.4 Å². The van der Waals surface area contributed by atoms with Crippen molar-refractivity contribution in [3.05, 3.63) is 29.3 Å². The number of benzene rings is 1. The van der Waals surface area contributed by atoms with Crippen molar-refractivity contribution in [1.29, 1.82) is 0 Å². The zero-order valence-electron chi connectivity index (χ0n) is 14.1. The van der Waals surface area contributed by atoms with Gasteiger partial charge in [-0.1, -0.05) is 6.07 Å². The summed E-state index contributed by atoms with van der Waals surface area (Å²) in [6.45, 7) is -1.54. The molecule has 0 spiro atoms. The van der Waals surface area contributed by atoms with E-state index in [-0.39, 0.29) is 6.54 Å². The van der Waals surface area contributed by atoms with Gasteiger partial charge in [0.05, 0.1) is 0 Å². The molecule has 1 amide bonds. The van der Waals surface area contributed by atoms with Crippen LogP contribution in [-0.2, 0) is 22.4 Å². The molecule has 1 aromatic rings. The quantitative estimate of drug-likeness (QED) is 0.884. The van der Waals surface area contributed by atoms with E-state index in [2.05, 4.69) is 0 Å². The van der Waals surface area contributed by atoms with Crippen LogP contribution in [0.15, 0.2) is 18.2 Å². The lowest BCUT2D eigenvalue weighted by molar-refractivity contribution is -0.227. The van der Waals surface area contributed by atoms with Gasteiger partial charge in [-0.2, -0.15) is 13.2 Å². The molecule has 1 saturated heterocycles. The second-order valence-electron chi connectivity index (χ2n) is 6.88. The van der Waals surface area contributed by atoms with Gasteiger partial charge in [0, 0.05) is 13.1 Å². The van der Waals surface area contributed by atoms with Crippen LogP contribution in [0.5, 0.6) is 5.75 Å². The molecule has 3 rings (SSSR count). The number of amides is 1. The summed E-state index contributed by atoms with van der Waals surface area (Å²) in [7, 11) is 0. The molecular weight excluding hydrogens is 351 g/mol. The van der Waals surface area contributed by atoms with Crippen molar-refractivity contribution in [1.82, 2.24) is 4.90 Å². The minimum Gasteiger partial charge on any atom is -0.484 e. The fourth-order valence-electron chi connectivity index (χ4n) is 3.59.